The normalized spacial score (nSPS) is 22.7. The standard InChI is InChI=1S/C12H14N2O4/c15-10(7-9-3-1-2-5-13-9)14-12(11(16)17)4-6-18-8-12/h1-3,5H,4,6-8H2,(H,14,15)(H,16,17). The fraction of sp³-hybridized carbons (Fsp3) is 0.417. The Morgan fingerprint density at radius 1 is 1.50 bits per heavy atom. The number of aromatic nitrogens is 1. The van der Waals surface area contributed by atoms with Crippen LogP contribution in [0.1, 0.15) is 12.1 Å². The summed E-state index contributed by atoms with van der Waals surface area (Å²) in [6, 6.07) is 5.25. The second-order valence-electron chi connectivity index (χ2n) is 4.24. The number of hydrogen-bond acceptors (Lipinski definition) is 4. The molecule has 96 valence electrons. The van der Waals surface area contributed by atoms with Crippen molar-refractivity contribution in [1.82, 2.24) is 10.3 Å². The summed E-state index contributed by atoms with van der Waals surface area (Å²) < 4.78 is 5.06. The lowest BCUT2D eigenvalue weighted by molar-refractivity contribution is -0.147. The summed E-state index contributed by atoms with van der Waals surface area (Å²) in [5.41, 5.74) is -0.680. The number of hydrogen-bond donors (Lipinski definition) is 2. The average molecular weight is 250 g/mol. The van der Waals surface area contributed by atoms with Gasteiger partial charge in [0.15, 0.2) is 5.54 Å². The largest absolute Gasteiger partial charge is 0.479 e. The van der Waals surface area contributed by atoms with Crippen molar-refractivity contribution in [2.24, 2.45) is 0 Å². The van der Waals surface area contributed by atoms with Gasteiger partial charge < -0.3 is 15.2 Å². The van der Waals surface area contributed by atoms with Gasteiger partial charge >= 0.3 is 5.97 Å². The van der Waals surface area contributed by atoms with Crippen LogP contribution in [0.3, 0.4) is 0 Å². The lowest BCUT2D eigenvalue weighted by Gasteiger charge is -2.23. The molecule has 0 bridgehead atoms. The van der Waals surface area contributed by atoms with Gasteiger partial charge in [0.25, 0.3) is 0 Å². The molecule has 18 heavy (non-hydrogen) atoms. The van der Waals surface area contributed by atoms with E-state index in [0.717, 1.165) is 0 Å². The van der Waals surface area contributed by atoms with E-state index in [4.69, 9.17) is 9.84 Å². The topological polar surface area (TPSA) is 88.5 Å². The molecule has 1 fully saturated rings. The quantitative estimate of drug-likeness (QED) is 0.784. The Balaban J connectivity index is 2.00. The highest BCUT2D eigenvalue weighted by Gasteiger charge is 2.43. The molecule has 6 heteroatoms. The zero-order valence-electron chi connectivity index (χ0n) is 9.76. The van der Waals surface area contributed by atoms with Crippen LogP contribution in [0, 0.1) is 0 Å². The molecule has 0 saturated carbocycles. The fourth-order valence-corrected chi connectivity index (χ4v) is 1.86. The molecule has 0 spiro atoms. The third-order valence-corrected chi connectivity index (χ3v) is 2.88. The average Bonchev–Trinajstić information content (AvgIpc) is 2.80. The third kappa shape index (κ3) is 2.65. The SMILES string of the molecule is O=C(Cc1ccccn1)NC1(C(=O)O)CCOC1. The first-order valence-corrected chi connectivity index (χ1v) is 5.64. The van der Waals surface area contributed by atoms with Gasteiger partial charge in [-0.2, -0.15) is 0 Å². The van der Waals surface area contributed by atoms with Crippen molar-refractivity contribution in [3.8, 4) is 0 Å². The summed E-state index contributed by atoms with van der Waals surface area (Å²) in [6.45, 7) is 0.354. The Kier molecular flexibility index (Phi) is 3.57. The number of nitrogens with one attached hydrogen (secondary N) is 1. The molecule has 1 saturated heterocycles. The van der Waals surface area contributed by atoms with Crippen LogP contribution in [0.25, 0.3) is 0 Å². The molecule has 1 atom stereocenters. The van der Waals surface area contributed by atoms with E-state index in [9.17, 15) is 9.59 Å². The van der Waals surface area contributed by atoms with Crippen molar-refractivity contribution >= 4 is 11.9 Å². The van der Waals surface area contributed by atoms with Gasteiger partial charge in [-0.25, -0.2) is 4.79 Å². The Bertz CT molecular complexity index is 441. The zero-order valence-corrected chi connectivity index (χ0v) is 9.76. The third-order valence-electron chi connectivity index (χ3n) is 2.88. The second kappa shape index (κ2) is 5.14. The lowest BCUT2D eigenvalue weighted by Crippen LogP contribution is -2.55. The van der Waals surface area contributed by atoms with Crippen molar-refractivity contribution in [2.45, 2.75) is 18.4 Å². The molecule has 1 amide bonds. The second-order valence-corrected chi connectivity index (χ2v) is 4.24. The lowest BCUT2D eigenvalue weighted by atomic mass is 9.98. The van der Waals surface area contributed by atoms with Crippen molar-refractivity contribution < 1.29 is 19.4 Å². The number of ether oxygens (including phenoxy) is 1. The molecule has 2 rings (SSSR count). The molecule has 2 N–H and O–H groups in total. The Hall–Kier alpha value is -1.95. The zero-order chi connectivity index (χ0) is 13.0. The summed E-state index contributed by atoms with van der Waals surface area (Å²) in [6.07, 6.45) is 1.94. The minimum Gasteiger partial charge on any atom is -0.479 e. The van der Waals surface area contributed by atoms with E-state index in [2.05, 4.69) is 10.3 Å². The molecule has 0 aromatic carbocycles. The van der Waals surface area contributed by atoms with Crippen LogP contribution in [-0.4, -0.2) is 40.7 Å². The van der Waals surface area contributed by atoms with E-state index < -0.39 is 11.5 Å². The molecule has 0 radical (unpaired) electrons. The van der Waals surface area contributed by atoms with Gasteiger partial charge in [-0.15, -0.1) is 0 Å². The predicted molar refractivity (Wildman–Crippen MR) is 61.9 cm³/mol. The van der Waals surface area contributed by atoms with Gasteiger partial charge in [0, 0.05) is 24.9 Å². The molecule has 6 nitrogen and oxygen atoms in total. The summed E-state index contributed by atoms with van der Waals surface area (Å²) in [4.78, 5) is 27.0. The molecule has 1 aromatic rings. The number of carbonyl (C=O) groups excluding carboxylic acids is 1. The molecule has 1 aliphatic rings. The van der Waals surface area contributed by atoms with Gasteiger partial charge in [0.1, 0.15) is 0 Å². The fourth-order valence-electron chi connectivity index (χ4n) is 1.86. The number of rotatable bonds is 4. The number of carboxylic acids is 1. The predicted octanol–water partition coefficient (Wildman–Crippen LogP) is -0.0160. The van der Waals surface area contributed by atoms with E-state index in [1.807, 2.05) is 0 Å². The van der Waals surface area contributed by atoms with Crippen molar-refractivity contribution in [1.29, 1.82) is 0 Å². The van der Waals surface area contributed by atoms with Gasteiger partial charge in [-0.05, 0) is 12.1 Å². The molecule has 1 aliphatic heterocycles. The Morgan fingerprint density at radius 2 is 2.33 bits per heavy atom. The monoisotopic (exact) mass is 250 g/mol. The molecule has 2 heterocycles. The van der Waals surface area contributed by atoms with Gasteiger partial charge in [-0.3, -0.25) is 9.78 Å². The maximum atomic E-state index is 11.8. The summed E-state index contributed by atoms with van der Waals surface area (Å²) in [5.74, 6) is -1.42. The van der Waals surface area contributed by atoms with Crippen molar-refractivity contribution in [2.75, 3.05) is 13.2 Å². The van der Waals surface area contributed by atoms with Crippen molar-refractivity contribution in [3.63, 3.8) is 0 Å². The molecular weight excluding hydrogens is 236 g/mol. The number of pyridine rings is 1. The maximum absolute atomic E-state index is 11.8. The van der Waals surface area contributed by atoms with Crippen LogP contribution in [-0.2, 0) is 20.7 Å². The minimum absolute atomic E-state index is 0.0102. The summed E-state index contributed by atoms with van der Waals surface area (Å²) >= 11 is 0. The van der Waals surface area contributed by atoms with Crippen LogP contribution < -0.4 is 5.32 Å². The van der Waals surface area contributed by atoms with Gasteiger partial charge in [0.05, 0.1) is 13.0 Å². The highest BCUT2D eigenvalue weighted by Crippen LogP contribution is 2.19. The van der Waals surface area contributed by atoms with Crippen LogP contribution in [0.2, 0.25) is 0 Å². The maximum Gasteiger partial charge on any atom is 0.331 e. The van der Waals surface area contributed by atoms with E-state index >= 15 is 0 Å². The molecule has 0 aliphatic carbocycles. The van der Waals surface area contributed by atoms with Crippen molar-refractivity contribution in [3.05, 3.63) is 30.1 Å². The van der Waals surface area contributed by atoms with Crippen LogP contribution in [0.4, 0.5) is 0 Å². The number of aliphatic carboxylic acids is 1. The van der Waals surface area contributed by atoms with E-state index in [-0.39, 0.29) is 25.4 Å². The summed E-state index contributed by atoms with van der Waals surface area (Å²) in [5, 5.41) is 11.7. The molecule has 1 aromatic heterocycles. The molecule has 1 unspecified atom stereocenters. The van der Waals surface area contributed by atoms with Gasteiger partial charge in [-0.1, -0.05) is 6.07 Å². The molecular formula is C12H14N2O4. The van der Waals surface area contributed by atoms with E-state index in [1.165, 1.54) is 0 Å². The number of carbonyl (C=O) groups is 2. The van der Waals surface area contributed by atoms with E-state index in [1.54, 1.807) is 24.4 Å². The first-order chi connectivity index (χ1) is 8.62. The number of amides is 1. The Labute approximate surface area is 104 Å². The highest BCUT2D eigenvalue weighted by atomic mass is 16.5. The number of carboxylic acid groups (broad SMARTS) is 1. The first-order valence-electron chi connectivity index (χ1n) is 5.64. The highest BCUT2D eigenvalue weighted by molar-refractivity contribution is 5.88. The van der Waals surface area contributed by atoms with Crippen LogP contribution in [0.15, 0.2) is 24.4 Å². The van der Waals surface area contributed by atoms with Crippen LogP contribution in [0.5, 0.6) is 0 Å². The van der Waals surface area contributed by atoms with Gasteiger partial charge in [0.2, 0.25) is 5.91 Å². The smallest absolute Gasteiger partial charge is 0.331 e. The summed E-state index contributed by atoms with van der Waals surface area (Å²) in [7, 11) is 0. The minimum atomic E-state index is -1.29. The van der Waals surface area contributed by atoms with Crippen LogP contribution >= 0.6 is 0 Å². The Morgan fingerprint density at radius 3 is 2.89 bits per heavy atom. The number of nitrogens with zero attached hydrogens (tertiary/aromatic N) is 1. The van der Waals surface area contributed by atoms with E-state index in [0.29, 0.717) is 12.3 Å². The first kappa shape index (κ1) is 12.5.